The Hall–Kier alpha value is -2.77. The summed E-state index contributed by atoms with van der Waals surface area (Å²) in [5, 5.41) is 21.4. The number of carbonyl (C=O) groups is 1. The molecule has 1 rings (SSSR count). The Kier molecular flexibility index (Phi) is 5.33. The quantitative estimate of drug-likeness (QED) is 0.342. The third-order valence-electron chi connectivity index (χ3n) is 2.27. The molecule has 0 N–H and O–H groups in total. The van der Waals surface area contributed by atoms with E-state index in [1.165, 1.54) is 12.1 Å². The fraction of sp³-hybridized carbons (Fsp3) is 0.250. The molecule has 0 fully saturated rings. The van der Waals surface area contributed by atoms with Gasteiger partial charge in [0.05, 0.1) is 28.1 Å². The number of nitrogens with zero attached hydrogens (tertiary/aromatic N) is 2. The molecule has 1 aromatic rings. The van der Waals surface area contributed by atoms with Crippen LogP contribution in [0.5, 0.6) is 0 Å². The Morgan fingerprint density at radius 3 is 2.55 bits per heavy atom. The van der Waals surface area contributed by atoms with Crippen molar-refractivity contribution >= 4 is 23.4 Å². The van der Waals surface area contributed by atoms with E-state index in [9.17, 15) is 25.0 Å². The van der Waals surface area contributed by atoms with E-state index in [1.807, 2.05) is 6.92 Å². The van der Waals surface area contributed by atoms with Crippen molar-refractivity contribution in [1.29, 1.82) is 0 Å². The van der Waals surface area contributed by atoms with Crippen LogP contribution in [-0.4, -0.2) is 22.4 Å². The molecule has 0 saturated heterocycles. The molecule has 8 nitrogen and oxygen atoms in total. The highest BCUT2D eigenvalue weighted by Crippen LogP contribution is 2.25. The topological polar surface area (TPSA) is 113 Å². The third-order valence-corrected chi connectivity index (χ3v) is 2.27. The van der Waals surface area contributed by atoms with Gasteiger partial charge in [-0.15, -0.1) is 0 Å². The summed E-state index contributed by atoms with van der Waals surface area (Å²) in [6, 6.07) is 3.18. The molecule has 106 valence electrons. The Morgan fingerprint density at radius 2 is 2.00 bits per heavy atom. The van der Waals surface area contributed by atoms with Crippen LogP contribution in [0, 0.1) is 20.2 Å². The Balaban J connectivity index is 3.00. The number of nitro benzene ring substituents is 2. The van der Waals surface area contributed by atoms with Gasteiger partial charge < -0.3 is 4.74 Å². The minimum Gasteiger partial charge on any atom is -0.463 e. The SMILES string of the molecule is CCCOC(=O)/C=C/c1ccc([N+](=O)[O-])cc1[N+](=O)[O-]. The molecule has 0 aliphatic rings. The molecule has 20 heavy (non-hydrogen) atoms. The molecular formula is C12H12N2O6. The van der Waals surface area contributed by atoms with Crippen molar-refractivity contribution < 1.29 is 19.4 Å². The fourth-order valence-electron chi connectivity index (χ4n) is 1.35. The molecule has 0 heterocycles. The molecule has 0 unspecified atom stereocenters. The van der Waals surface area contributed by atoms with E-state index in [2.05, 4.69) is 0 Å². The Bertz CT molecular complexity index is 567. The monoisotopic (exact) mass is 280 g/mol. The minimum atomic E-state index is -0.746. The average Bonchev–Trinajstić information content (AvgIpc) is 2.42. The van der Waals surface area contributed by atoms with E-state index in [1.54, 1.807) is 0 Å². The minimum absolute atomic E-state index is 0.0917. The van der Waals surface area contributed by atoms with Crippen LogP contribution in [0.25, 0.3) is 6.08 Å². The predicted molar refractivity (Wildman–Crippen MR) is 70.0 cm³/mol. The molecule has 1 aromatic carbocycles. The predicted octanol–water partition coefficient (Wildman–Crippen LogP) is 2.47. The first-order valence-electron chi connectivity index (χ1n) is 5.73. The zero-order chi connectivity index (χ0) is 15.1. The lowest BCUT2D eigenvalue weighted by atomic mass is 10.1. The summed E-state index contributed by atoms with van der Waals surface area (Å²) in [7, 11) is 0. The third kappa shape index (κ3) is 4.16. The van der Waals surface area contributed by atoms with Crippen LogP contribution in [0.4, 0.5) is 11.4 Å². The second-order valence-electron chi connectivity index (χ2n) is 3.76. The van der Waals surface area contributed by atoms with E-state index in [0.717, 1.165) is 18.2 Å². The summed E-state index contributed by atoms with van der Waals surface area (Å²) in [6.07, 6.45) is 2.90. The number of rotatable bonds is 6. The highest BCUT2D eigenvalue weighted by molar-refractivity contribution is 5.88. The maximum Gasteiger partial charge on any atom is 0.330 e. The van der Waals surface area contributed by atoms with Crippen LogP contribution >= 0.6 is 0 Å². The van der Waals surface area contributed by atoms with Gasteiger partial charge in [0, 0.05) is 12.1 Å². The molecule has 0 amide bonds. The lowest BCUT2D eigenvalue weighted by molar-refractivity contribution is -0.394. The molecular weight excluding hydrogens is 268 g/mol. The number of non-ortho nitro benzene ring substituents is 1. The molecule has 0 aromatic heterocycles. The van der Waals surface area contributed by atoms with Gasteiger partial charge in [0.15, 0.2) is 0 Å². The maximum atomic E-state index is 11.2. The summed E-state index contributed by atoms with van der Waals surface area (Å²) in [5.74, 6) is -0.625. The average molecular weight is 280 g/mol. The zero-order valence-electron chi connectivity index (χ0n) is 10.6. The van der Waals surface area contributed by atoms with Crippen molar-refractivity contribution in [3.63, 3.8) is 0 Å². The van der Waals surface area contributed by atoms with Gasteiger partial charge in [-0.3, -0.25) is 20.2 Å². The van der Waals surface area contributed by atoms with E-state index in [0.29, 0.717) is 6.42 Å². The molecule has 8 heteroatoms. The van der Waals surface area contributed by atoms with Crippen molar-refractivity contribution in [2.45, 2.75) is 13.3 Å². The lowest BCUT2D eigenvalue weighted by Crippen LogP contribution is -2.01. The molecule has 0 radical (unpaired) electrons. The second kappa shape index (κ2) is 6.98. The van der Waals surface area contributed by atoms with E-state index < -0.39 is 21.5 Å². The second-order valence-corrected chi connectivity index (χ2v) is 3.76. The summed E-state index contributed by atoms with van der Waals surface area (Å²) in [4.78, 5) is 31.2. The normalized spacial score (nSPS) is 10.4. The molecule has 0 bridgehead atoms. The standard InChI is InChI=1S/C12H12N2O6/c1-2-7-20-12(15)6-4-9-3-5-10(13(16)17)8-11(9)14(18)19/h3-6,8H,2,7H2,1H3/b6-4+. The molecule has 0 saturated carbocycles. The molecule has 0 atom stereocenters. The van der Waals surface area contributed by atoms with Gasteiger partial charge in [0.1, 0.15) is 0 Å². The van der Waals surface area contributed by atoms with E-state index >= 15 is 0 Å². The van der Waals surface area contributed by atoms with E-state index in [4.69, 9.17) is 4.74 Å². The van der Waals surface area contributed by atoms with Crippen molar-refractivity contribution in [3.05, 3.63) is 50.1 Å². The van der Waals surface area contributed by atoms with Crippen LogP contribution in [0.1, 0.15) is 18.9 Å². The summed E-state index contributed by atoms with van der Waals surface area (Å²) < 4.78 is 4.77. The highest BCUT2D eigenvalue weighted by Gasteiger charge is 2.17. The van der Waals surface area contributed by atoms with Crippen molar-refractivity contribution in [3.8, 4) is 0 Å². The summed E-state index contributed by atoms with van der Waals surface area (Å²) in [5.41, 5.74) is -0.741. The zero-order valence-corrected chi connectivity index (χ0v) is 10.6. The van der Waals surface area contributed by atoms with Gasteiger partial charge in [-0.1, -0.05) is 6.92 Å². The number of ether oxygens (including phenoxy) is 1. The van der Waals surface area contributed by atoms with Crippen molar-refractivity contribution in [1.82, 2.24) is 0 Å². The fourth-order valence-corrected chi connectivity index (χ4v) is 1.35. The Morgan fingerprint density at radius 1 is 1.30 bits per heavy atom. The number of nitro groups is 2. The van der Waals surface area contributed by atoms with Gasteiger partial charge >= 0.3 is 5.97 Å². The first kappa shape index (κ1) is 15.3. The van der Waals surface area contributed by atoms with Gasteiger partial charge in [-0.25, -0.2) is 4.79 Å². The molecule has 0 aliphatic heterocycles. The van der Waals surface area contributed by atoms with Gasteiger partial charge in [-0.05, 0) is 18.6 Å². The molecule has 0 spiro atoms. The van der Waals surface area contributed by atoms with Gasteiger partial charge in [-0.2, -0.15) is 0 Å². The number of benzene rings is 1. The maximum absolute atomic E-state index is 11.2. The van der Waals surface area contributed by atoms with Crippen LogP contribution < -0.4 is 0 Å². The first-order valence-corrected chi connectivity index (χ1v) is 5.73. The number of carbonyl (C=O) groups excluding carboxylic acids is 1. The smallest absolute Gasteiger partial charge is 0.330 e. The van der Waals surface area contributed by atoms with Crippen LogP contribution in [0.15, 0.2) is 24.3 Å². The number of esters is 1. The molecule has 0 aliphatic carbocycles. The van der Waals surface area contributed by atoms with Crippen LogP contribution in [0.2, 0.25) is 0 Å². The number of hydrogen-bond acceptors (Lipinski definition) is 6. The lowest BCUT2D eigenvalue weighted by Gasteiger charge is -1.99. The van der Waals surface area contributed by atoms with E-state index in [-0.39, 0.29) is 17.9 Å². The van der Waals surface area contributed by atoms with Gasteiger partial charge in [0.2, 0.25) is 0 Å². The number of hydrogen-bond donors (Lipinski definition) is 0. The summed E-state index contributed by atoms with van der Waals surface area (Å²) >= 11 is 0. The van der Waals surface area contributed by atoms with Crippen molar-refractivity contribution in [2.75, 3.05) is 6.61 Å². The van der Waals surface area contributed by atoms with Gasteiger partial charge in [0.25, 0.3) is 11.4 Å². The first-order chi connectivity index (χ1) is 9.45. The largest absolute Gasteiger partial charge is 0.463 e. The Labute approximate surface area is 114 Å². The highest BCUT2D eigenvalue weighted by atomic mass is 16.6. The summed E-state index contributed by atoms with van der Waals surface area (Å²) in [6.45, 7) is 2.09. The van der Waals surface area contributed by atoms with Crippen LogP contribution in [-0.2, 0) is 9.53 Å². The van der Waals surface area contributed by atoms with Crippen molar-refractivity contribution in [2.24, 2.45) is 0 Å². The van der Waals surface area contributed by atoms with Crippen LogP contribution in [0.3, 0.4) is 0 Å².